The van der Waals surface area contributed by atoms with Crippen LogP contribution in [-0.4, -0.2) is 17.9 Å². The highest BCUT2D eigenvalue weighted by atomic mass is 35.5. The molecule has 2 aromatic rings. The zero-order valence-electron chi connectivity index (χ0n) is 16.5. The molecule has 2 aromatic carbocycles. The van der Waals surface area contributed by atoms with E-state index in [4.69, 9.17) is 11.6 Å². The lowest BCUT2D eigenvalue weighted by Crippen LogP contribution is -2.47. The van der Waals surface area contributed by atoms with Crippen molar-refractivity contribution in [2.75, 3.05) is 5.32 Å². The summed E-state index contributed by atoms with van der Waals surface area (Å²) < 4.78 is 13.4. The van der Waals surface area contributed by atoms with Crippen molar-refractivity contribution < 1.29 is 14.0 Å². The third-order valence-electron chi connectivity index (χ3n) is 5.49. The summed E-state index contributed by atoms with van der Waals surface area (Å²) in [5.74, 6) is -0.396. The number of halogens is 2. The first-order valence-corrected chi connectivity index (χ1v) is 10.4. The summed E-state index contributed by atoms with van der Waals surface area (Å²) in [6.45, 7) is 2.20. The molecule has 2 N–H and O–H groups in total. The maximum atomic E-state index is 13.4. The number of carbonyl (C=O) groups excluding carboxylic acids is 2. The first kappa shape index (κ1) is 21.3. The van der Waals surface area contributed by atoms with Crippen molar-refractivity contribution in [1.82, 2.24) is 5.32 Å². The lowest BCUT2D eigenvalue weighted by molar-refractivity contribution is -0.130. The SMILES string of the molecule is CC1CCC(C(=O)NC(Cc2ccccc2)C(=O)Nc2ccc(F)c(Cl)c2)CC1. The van der Waals surface area contributed by atoms with Gasteiger partial charge in [-0.2, -0.15) is 0 Å². The molecule has 0 heterocycles. The summed E-state index contributed by atoms with van der Waals surface area (Å²) in [6.07, 6.45) is 4.13. The van der Waals surface area contributed by atoms with Gasteiger partial charge in [0, 0.05) is 18.0 Å². The highest BCUT2D eigenvalue weighted by Crippen LogP contribution is 2.28. The van der Waals surface area contributed by atoms with Gasteiger partial charge in [0.05, 0.1) is 5.02 Å². The third-order valence-corrected chi connectivity index (χ3v) is 5.78. The lowest BCUT2D eigenvalue weighted by atomic mass is 9.82. The number of carbonyl (C=O) groups is 2. The summed E-state index contributed by atoms with van der Waals surface area (Å²) in [4.78, 5) is 25.7. The van der Waals surface area contributed by atoms with Crippen LogP contribution in [-0.2, 0) is 16.0 Å². The summed E-state index contributed by atoms with van der Waals surface area (Å²) in [6, 6.07) is 12.8. The van der Waals surface area contributed by atoms with E-state index in [1.54, 1.807) is 0 Å². The van der Waals surface area contributed by atoms with Gasteiger partial charge in [-0.05, 0) is 55.4 Å². The first-order chi connectivity index (χ1) is 13.9. The van der Waals surface area contributed by atoms with Crippen molar-refractivity contribution in [3.63, 3.8) is 0 Å². The Kier molecular flexibility index (Phi) is 7.26. The number of benzene rings is 2. The highest BCUT2D eigenvalue weighted by molar-refractivity contribution is 6.31. The molecule has 6 heteroatoms. The molecule has 29 heavy (non-hydrogen) atoms. The number of rotatable bonds is 6. The molecule has 1 saturated carbocycles. The Morgan fingerprint density at radius 1 is 1.10 bits per heavy atom. The van der Waals surface area contributed by atoms with E-state index in [1.165, 1.54) is 18.2 Å². The van der Waals surface area contributed by atoms with E-state index in [9.17, 15) is 14.0 Å². The average Bonchev–Trinajstić information content (AvgIpc) is 2.71. The van der Waals surface area contributed by atoms with E-state index in [0.29, 0.717) is 18.0 Å². The highest BCUT2D eigenvalue weighted by Gasteiger charge is 2.28. The molecular weight excluding hydrogens is 391 g/mol. The lowest BCUT2D eigenvalue weighted by Gasteiger charge is -2.27. The number of amides is 2. The Hall–Kier alpha value is -2.40. The van der Waals surface area contributed by atoms with Crippen LogP contribution in [0.5, 0.6) is 0 Å². The summed E-state index contributed by atoms with van der Waals surface area (Å²) in [7, 11) is 0. The number of nitrogens with one attached hydrogen (secondary N) is 2. The summed E-state index contributed by atoms with van der Waals surface area (Å²) in [5, 5.41) is 5.61. The average molecular weight is 417 g/mol. The van der Waals surface area contributed by atoms with Crippen LogP contribution in [0, 0.1) is 17.7 Å². The predicted molar refractivity (Wildman–Crippen MR) is 113 cm³/mol. The first-order valence-electron chi connectivity index (χ1n) is 10.0. The van der Waals surface area contributed by atoms with Gasteiger partial charge in [-0.15, -0.1) is 0 Å². The topological polar surface area (TPSA) is 58.2 Å². The third kappa shape index (κ3) is 6.04. The molecule has 1 fully saturated rings. The van der Waals surface area contributed by atoms with E-state index in [2.05, 4.69) is 17.6 Å². The van der Waals surface area contributed by atoms with Gasteiger partial charge < -0.3 is 10.6 Å². The monoisotopic (exact) mass is 416 g/mol. The van der Waals surface area contributed by atoms with Crippen LogP contribution < -0.4 is 10.6 Å². The second-order valence-corrected chi connectivity index (χ2v) is 8.23. The van der Waals surface area contributed by atoms with Crippen LogP contribution >= 0.6 is 11.6 Å². The van der Waals surface area contributed by atoms with Crippen molar-refractivity contribution in [2.45, 2.75) is 45.1 Å². The molecular formula is C23H26ClFN2O2. The fourth-order valence-corrected chi connectivity index (χ4v) is 3.85. The maximum Gasteiger partial charge on any atom is 0.247 e. The molecule has 1 aliphatic carbocycles. The van der Waals surface area contributed by atoms with Crippen molar-refractivity contribution in [2.24, 2.45) is 11.8 Å². The molecule has 0 radical (unpaired) electrons. The van der Waals surface area contributed by atoms with Gasteiger partial charge in [-0.1, -0.05) is 48.9 Å². The van der Waals surface area contributed by atoms with Gasteiger partial charge in [-0.25, -0.2) is 4.39 Å². The Balaban J connectivity index is 1.72. The van der Waals surface area contributed by atoms with Gasteiger partial charge in [0.1, 0.15) is 11.9 Å². The Morgan fingerprint density at radius 2 is 1.79 bits per heavy atom. The fraction of sp³-hybridized carbons (Fsp3) is 0.391. The number of hydrogen-bond acceptors (Lipinski definition) is 2. The minimum absolute atomic E-state index is 0.0578. The van der Waals surface area contributed by atoms with Crippen LogP contribution in [0.1, 0.15) is 38.2 Å². The molecule has 1 atom stereocenters. The van der Waals surface area contributed by atoms with E-state index in [-0.39, 0.29) is 22.8 Å². The minimum Gasteiger partial charge on any atom is -0.344 e. The molecule has 1 aliphatic rings. The van der Waals surface area contributed by atoms with Crippen molar-refractivity contribution in [3.05, 3.63) is 64.9 Å². The van der Waals surface area contributed by atoms with E-state index in [1.807, 2.05) is 30.3 Å². The van der Waals surface area contributed by atoms with Gasteiger partial charge in [0.25, 0.3) is 0 Å². The number of hydrogen-bond donors (Lipinski definition) is 2. The normalized spacial score (nSPS) is 20.0. The van der Waals surface area contributed by atoms with Gasteiger partial charge in [0.15, 0.2) is 0 Å². The van der Waals surface area contributed by atoms with E-state index >= 15 is 0 Å². The molecule has 154 valence electrons. The maximum absolute atomic E-state index is 13.4. The smallest absolute Gasteiger partial charge is 0.247 e. The van der Waals surface area contributed by atoms with Gasteiger partial charge in [0.2, 0.25) is 11.8 Å². The molecule has 2 amide bonds. The predicted octanol–water partition coefficient (Wildman–Crippen LogP) is 4.97. The largest absolute Gasteiger partial charge is 0.344 e. The van der Waals surface area contributed by atoms with Crippen LogP contribution in [0.2, 0.25) is 5.02 Å². The van der Waals surface area contributed by atoms with Crippen LogP contribution in [0.4, 0.5) is 10.1 Å². The van der Waals surface area contributed by atoms with Crippen LogP contribution in [0.3, 0.4) is 0 Å². The second kappa shape index (κ2) is 9.88. The second-order valence-electron chi connectivity index (χ2n) is 7.83. The van der Waals surface area contributed by atoms with Crippen molar-refractivity contribution >= 4 is 29.1 Å². The molecule has 0 spiro atoms. The van der Waals surface area contributed by atoms with Crippen molar-refractivity contribution in [1.29, 1.82) is 0 Å². The van der Waals surface area contributed by atoms with Crippen LogP contribution in [0.15, 0.2) is 48.5 Å². The quantitative estimate of drug-likeness (QED) is 0.698. The molecule has 1 unspecified atom stereocenters. The Bertz CT molecular complexity index is 851. The zero-order valence-corrected chi connectivity index (χ0v) is 17.2. The Labute approximate surface area is 175 Å². The summed E-state index contributed by atoms with van der Waals surface area (Å²) in [5.41, 5.74) is 1.34. The fourth-order valence-electron chi connectivity index (χ4n) is 3.67. The van der Waals surface area contributed by atoms with Gasteiger partial charge in [-0.3, -0.25) is 9.59 Å². The number of anilines is 1. The molecule has 0 aliphatic heterocycles. The van der Waals surface area contributed by atoms with Crippen LogP contribution in [0.25, 0.3) is 0 Å². The molecule has 3 rings (SSSR count). The summed E-state index contributed by atoms with van der Waals surface area (Å²) >= 11 is 5.81. The molecule has 0 aromatic heterocycles. The standard InChI is InChI=1S/C23H26ClFN2O2/c1-15-7-9-17(10-8-15)22(28)27-21(13-16-5-3-2-4-6-16)23(29)26-18-11-12-20(25)19(24)14-18/h2-6,11-12,14-15,17,21H,7-10,13H2,1H3,(H,26,29)(H,27,28). The van der Waals surface area contributed by atoms with E-state index < -0.39 is 11.9 Å². The minimum atomic E-state index is -0.729. The van der Waals surface area contributed by atoms with Gasteiger partial charge >= 0.3 is 0 Å². The molecule has 0 saturated heterocycles. The zero-order chi connectivity index (χ0) is 20.8. The molecule has 4 nitrogen and oxygen atoms in total. The molecule has 0 bridgehead atoms. The van der Waals surface area contributed by atoms with E-state index in [0.717, 1.165) is 31.2 Å². The van der Waals surface area contributed by atoms with Crippen molar-refractivity contribution in [3.8, 4) is 0 Å². The Morgan fingerprint density at radius 3 is 2.45 bits per heavy atom.